The molecule has 0 bridgehead atoms. The van der Waals surface area contributed by atoms with Crippen molar-refractivity contribution in [2.24, 2.45) is 0 Å². The van der Waals surface area contributed by atoms with Gasteiger partial charge in [-0.05, 0) is 30.0 Å². The third-order valence-electron chi connectivity index (χ3n) is 3.12. The van der Waals surface area contributed by atoms with E-state index < -0.39 is 0 Å². The summed E-state index contributed by atoms with van der Waals surface area (Å²) in [4.78, 5) is 0. The summed E-state index contributed by atoms with van der Waals surface area (Å²) in [6.45, 7) is 2.16. The summed E-state index contributed by atoms with van der Waals surface area (Å²) in [5.41, 5.74) is 2.90. The zero-order chi connectivity index (χ0) is 13.0. The Bertz CT molecular complexity index is 532. The maximum atomic E-state index is 9.95. The molecule has 0 fully saturated rings. The van der Waals surface area contributed by atoms with E-state index in [4.69, 9.17) is 0 Å². The van der Waals surface area contributed by atoms with E-state index >= 15 is 0 Å². The number of phenolic OH excluding ortho intramolecular Hbond substituents is 2. The Kier molecular flexibility index (Phi) is 3.88. The van der Waals surface area contributed by atoms with Crippen LogP contribution in [0.5, 0.6) is 11.5 Å². The highest BCUT2D eigenvalue weighted by Gasteiger charge is 2.11. The second-order valence-corrected chi connectivity index (χ2v) is 4.43. The van der Waals surface area contributed by atoms with Gasteiger partial charge in [0, 0.05) is 5.56 Å². The number of unbranched alkanes of at least 4 members (excludes halogenated alkanes) is 1. The molecule has 2 rings (SSSR count). The molecule has 0 spiro atoms. The standard InChI is InChI=1S/C16H18O2/c1-2-3-7-12-8-4-5-9-13(12)14-10-6-11-15(17)16(14)18/h4-6,8-11,17-18H,2-3,7H2,1H3. The fraction of sp³-hybridized carbons (Fsp3) is 0.250. The van der Waals surface area contributed by atoms with Crippen molar-refractivity contribution in [3.63, 3.8) is 0 Å². The Morgan fingerprint density at radius 3 is 2.39 bits per heavy atom. The first kappa shape index (κ1) is 12.5. The highest BCUT2D eigenvalue weighted by atomic mass is 16.3. The zero-order valence-corrected chi connectivity index (χ0v) is 10.6. The van der Waals surface area contributed by atoms with Gasteiger partial charge >= 0.3 is 0 Å². The first-order valence-corrected chi connectivity index (χ1v) is 6.33. The second-order valence-electron chi connectivity index (χ2n) is 4.43. The van der Waals surface area contributed by atoms with Gasteiger partial charge in [0.25, 0.3) is 0 Å². The lowest BCUT2D eigenvalue weighted by molar-refractivity contribution is 0.405. The molecule has 0 aliphatic carbocycles. The predicted molar refractivity (Wildman–Crippen MR) is 73.8 cm³/mol. The van der Waals surface area contributed by atoms with Crippen LogP contribution in [0.3, 0.4) is 0 Å². The molecule has 0 saturated heterocycles. The van der Waals surface area contributed by atoms with E-state index in [9.17, 15) is 10.2 Å². The van der Waals surface area contributed by atoms with Gasteiger partial charge < -0.3 is 10.2 Å². The van der Waals surface area contributed by atoms with Crippen molar-refractivity contribution in [2.45, 2.75) is 26.2 Å². The number of hydrogen-bond donors (Lipinski definition) is 2. The lowest BCUT2D eigenvalue weighted by Gasteiger charge is -2.11. The Hall–Kier alpha value is -1.96. The molecule has 0 atom stereocenters. The minimum absolute atomic E-state index is 0.0403. The molecule has 0 saturated carbocycles. The van der Waals surface area contributed by atoms with E-state index in [1.54, 1.807) is 6.07 Å². The van der Waals surface area contributed by atoms with E-state index in [0.717, 1.165) is 24.8 Å². The molecule has 2 aromatic rings. The third-order valence-corrected chi connectivity index (χ3v) is 3.12. The molecule has 0 unspecified atom stereocenters. The molecule has 2 heteroatoms. The molecule has 0 aromatic heterocycles. The van der Waals surface area contributed by atoms with Crippen molar-refractivity contribution in [1.29, 1.82) is 0 Å². The number of rotatable bonds is 4. The fourth-order valence-electron chi connectivity index (χ4n) is 2.12. The topological polar surface area (TPSA) is 40.5 Å². The fourth-order valence-corrected chi connectivity index (χ4v) is 2.12. The Labute approximate surface area is 108 Å². The number of benzene rings is 2. The van der Waals surface area contributed by atoms with Crippen molar-refractivity contribution in [3.05, 3.63) is 48.0 Å². The maximum Gasteiger partial charge on any atom is 0.165 e. The van der Waals surface area contributed by atoms with Crippen molar-refractivity contribution >= 4 is 0 Å². The smallest absolute Gasteiger partial charge is 0.165 e. The van der Waals surface area contributed by atoms with Crippen molar-refractivity contribution in [1.82, 2.24) is 0 Å². The number of phenols is 2. The number of para-hydroxylation sites is 1. The summed E-state index contributed by atoms with van der Waals surface area (Å²) in [6, 6.07) is 13.1. The van der Waals surface area contributed by atoms with E-state index in [0.29, 0.717) is 5.56 Å². The molecule has 2 nitrogen and oxygen atoms in total. The molecule has 0 amide bonds. The Balaban J connectivity index is 2.46. The quantitative estimate of drug-likeness (QED) is 0.792. The second kappa shape index (κ2) is 5.58. The molecule has 0 aliphatic rings. The van der Waals surface area contributed by atoms with Gasteiger partial charge in [0.15, 0.2) is 11.5 Å². The van der Waals surface area contributed by atoms with E-state index in [-0.39, 0.29) is 11.5 Å². The third kappa shape index (κ3) is 2.48. The number of hydrogen-bond acceptors (Lipinski definition) is 2. The van der Waals surface area contributed by atoms with E-state index in [1.807, 2.05) is 24.3 Å². The Morgan fingerprint density at radius 1 is 0.889 bits per heavy atom. The molecule has 0 heterocycles. The minimum Gasteiger partial charge on any atom is -0.504 e. The summed E-state index contributed by atoms with van der Waals surface area (Å²) >= 11 is 0. The average molecular weight is 242 g/mol. The van der Waals surface area contributed by atoms with Crippen LogP contribution in [0.25, 0.3) is 11.1 Å². The van der Waals surface area contributed by atoms with E-state index in [2.05, 4.69) is 13.0 Å². The van der Waals surface area contributed by atoms with Crippen molar-refractivity contribution in [3.8, 4) is 22.6 Å². The number of aryl methyl sites for hydroxylation is 1. The largest absolute Gasteiger partial charge is 0.504 e. The van der Waals surface area contributed by atoms with Crippen LogP contribution in [-0.2, 0) is 6.42 Å². The first-order valence-electron chi connectivity index (χ1n) is 6.33. The molecule has 0 radical (unpaired) electrons. The van der Waals surface area contributed by atoms with Gasteiger partial charge in [0.2, 0.25) is 0 Å². The summed E-state index contributed by atoms with van der Waals surface area (Å²) in [7, 11) is 0. The van der Waals surface area contributed by atoms with Crippen LogP contribution >= 0.6 is 0 Å². The Morgan fingerprint density at radius 2 is 1.61 bits per heavy atom. The molecular formula is C16H18O2. The zero-order valence-electron chi connectivity index (χ0n) is 10.6. The van der Waals surface area contributed by atoms with Crippen LogP contribution in [0.2, 0.25) is 0 Å². The van der Waals surface area contributed by atoms with Crippen molar-refractivity contribution < 1.29 is 10.2 Å². The van der Waals surface area contributed by atoms with Gasteiger partial charge in [-0.3, -0.25) is 0 Å². The SMILES string of the molecule is CCCCc1ccccc1-c1cccc(O)c1O. The van der Waals surface area contributed by atoms with Gasteiger partial charge in [-0.25, -0.2) is 0 Å². The molecule has 18 heavy (non-hydrogen) atoms. The lowest BCUT2D eigenvalue weighted by atomic mass is 9.95. The molecule has 2 aromatic carbocycles. The van der Waals surface area contributed by atoms with Gasteiger partial charge in [-0.1, -0.05) is 49.7 Å². The molecule has 0 aliphatic heterocycles. The van der Waals surface area contributed by atoms with Gasteiger partial charge in [0.1, 0.15) is 0 Å². The lowest BCUT2D eigenvalue weighted by Crippen LogP contribution is -1.90. The van der Waals surface area contributed by atoms with Crippen LogP contribution < -0.4 is 0 Å². The van der Waals surface area contributed by atoms with Crippen LogP contribution in [0.1, 0.15) is 25.3 Å². The van der Waals surface area contributed by atoms with Crippen molar-refractivity contribution in [2.75, 3.05) is 0 Å². The first-order chi connectivity index (χ1) is 8.74. The minimum atomic E-state index is -0.0715. The van der Waals surface area contributed by atoms with Gasteiger partial charge in [-0.15, -0.1) is 0 Å². The highest BCUT2D eigenvalue weighted by Crippen LogP contribution is 2.37. The van der Waals surface area contributed by atoms with E-state index in [1.165, 1.54) is 11.6 Å². The summed E-state index contributed by atoms with van der Waals surface area (Å²) in [5.74, 6) is -0.112. The maximum absolute atomic E-state index is 9.95. The van der Waals surface area contributed by atoms with Gasteiger partial charge in [-0.2, -0.15) is 0 Å². The van der Waals surface area contributed by atoms with Crippen LogP contribution in [0.4, 0.5) is 0 Å². The summed E-state index contributed by atoms with van der Waals surface area (Å²) in [5, 5.41) is 19.5. The molecular weight excluding hydrogens is 224 g/mol. The molecule has 2 N–H and O–H groups in total. The van der Waals surface area contributed by atoms with Gasteiger partial charge in [0.05, 0.1) is 0 Å². The average Bonchev–Trinajstić information content (AvgIpc) is 2.40. The van der Waals surface area contributed by atoms with Crippen LogP contribution in [-0.4, -0.2) is 10.2 Å². The summed E-state index contributed by atoms with van der Waals surface area (Å²) < 4.78 is 0. The monoisotopic (exact) mass is 242 g/mol. The predicted octanol–water partition coefficient (Wildman–Crippen LogP) is 4.11. The summed E-state index contributed by atoms with van der Waals surface area (Å²) in [6.07, 6.45) is 3.25. The highest BCUT2D eigenvalue weighted by molar-refractivity contribution is 5.75. The van der Waals surface area contributed by atoms with Crippen LogP contribution in [0, 0.1) is 0 Å². The normalized spacial score (nSPS) is 10.5. The number of aromatic hydroxyl groups is 2. The molecule has 94 valence electrons. The van der Waals surface area contributed by atoms with Crippen LogP contribution in [0.15, 0.2) is 42.5 Å².